The molecule has 2 rings (SSSR count). The Bertz CT molecular complexity index is 773. The monoisotopic (exact) mass is 439 g/mol. The number of halogens is 1. The third kappa shape index (κ3) is 4.55. The summed E-state index contributed by atoms with van der Waals surface area (Å²) in [6.45, 7) is 1.11. The highest BCUT2D eigenvalue weighted by Gasteiger charge is 2.30. The molecule has 0 amide bonds. The van der Waals surface area contributed by atoms with Crippen molar-refractivity contribution in [3.8, 4) is 0 Å². The van der Waals surface area contributed by atoms with Crippen LogP contribution in [-0.2, 0) is 20.2 Å². The zero-order chi connectivity index (χ0) is 18.0. The number of hydrogen-bond acceptors (Lipinski definition) is 4. The Hall–Kier alpha value is -0.520. The SMILES string of the molecule is CN(C)S(=O)(=O)N1CCC(CNS(=O)(=O)c2ccccc2Br)CC1. The second-order valence-electron chi connectivity index (χ2n) is 5.91. The zero-order valence-electron chi connectivity index (χ0n) is 13.6. The topological polar surface area (TPSA) is 86.8 Å². The molecule has 0 radical (unpaired) electrons. The summed E-state index contributed by atoms with van der Waals surface area (Å²) in [5, 5.41) is 0. The van der Waals surface area contributed by atoms with Gasteiger partial charge in [-0.1, -0.05) is 12.1 Å². The van der Waals surface area contributed by atoms with Gasteiger partial charge in [0.25, 0.3) is 10.2 Å². The smallest absolute Gasteiger partial charge is 0.211 e. The Balaban J connectivity index is 1.92. The fraction of sp³-hybridized carbons (Fsp3) is 0.571. The zero-order valence-corrected chi connectivity index (χ0v) is 16.9. The summed E-state index contributed by atoms with van der Waals surface area (Å²) in [6.07, 6.45) is 1.26. The maximum atomic E-state index is 12.4. The number of piperidine rings is 1. The predicted octanol–water partition coefficient (Wildman–Crippen LogP) is 1.25. The van der Waals surface area contributed by atoms with E-state index >= 15 is 0 Å². The van der Waals surface area contributed by atoms with E-state index in [1.54, 1.807) is 24.3 Å². The summed E-state index contributed by atoms with van der Waals surface area (Å²) in [4.78, 5) is 0.206. The highest BCUT2D eigenvalue weighted by molar-refractivity contribution is 9.10. The molecule has 0 saturated carbocycles. The van der Waals surface area contributed by atoms with Crippen molar-refractivity contribution in [2.24, 2.45) is 5.92 Å². The second-order valence-corrected chi connectivity index (χ2v) is 10.6. The van der Waals surface area contributed by atoms with Crippen molar-refractivity contribution in [2.45, 2.75) is 17.7 Å². The molecule has 0 aliphatic carbocycles. The number of nitrogens with zero attached hydrogens (tertiary/aromatic N) is 2. The first kappa shape index (κ1) is 19.8. The Labute approximate surface area is 152 Å². The number of hydrogen-bond donors (Lipinski definition) is 1. The molecule has 24 heavy (non-hydrogen) atoms. The van der Waals surface area contributed by atoms with Crippen molar-refractivity contribution in [1.29, 1.82) is 0 Å². The standard InChI is InChI=1S/C14H22BrN3O4S2/c1-17(2)24(21,22)18-9-7-12(8-10-18)11-16-23(19,20)14-6-4-3-5-13(14)15/h3-6,12,16H,7-11H2,1-2H3. The van der Waals surface area contributed by atoms with Crippen molar-refractivity contribution < 1.29 is 16.8 Å². The summed E-state index contributed by atoms with van der Waals surface area (Å²) in [5.41, 5.74) is 0. The van der Waals surface area contributed by atoms with Crippen molar-refractivity contribution in [3.05, 3.63) is 28.7 Å². The molecule has 0 unspecified atom stereocenters. The molecule has 1 aliphatic rings. The van der Waals surface area contributed by atoms with Gasteiger partial charge in [-0.3, -0.25) is 0 Å². The predicted molar refractivity (Wildman–Crippen MR) is 96.2 cm³/mol. The summed E-state index contributed by atoms with van der Waals surface area (Å²) in [5.74, 6) is 0.121. The van der Waals surface area contributed by atoms with Gasteiger partial charge in [0.1, 0.15) is 0 Å². The largest absolute Gasteiger partial charge is 0.281 e. The molecule has 1 aromatic carbocycles. The first-order chi connectivity index (χ1) is 11.1. The van der Waals surface area contributed by atoms with Crippen LogP contribution in [-0.4, -0.2) is 59.2 Å². The van der Waals surface area contributed by atoms with Gasteiger partial charge >= 0.3 is 0 Å². The molecule has 7 nitrogen and oxygen atoms in total. The van der Waals surface area contributed by atoms with Gasteiger partial charge in [0.2, 0.25) is 10.0 Å². The Morgan fingerprint density at radius 1 is 1.17 bits per heavy atom. The van der Waals surface area contributed by atoms with E-state index in [0.717, 1.165) is 0 Å². The van der Waals surface area contributed by atoms with Crippen molar-refractivity contribution in [3.63, 3.8) is 0 Å². The second kappa shape index (κ2) is 7.79. The van der Waals surface area contributed by atoms with E-state index in [1.807, 2.05) is 0 Å². The molecule has 1 aromatic rings. The van der Waals surface area contributed by atoms with Crippen LogP contribution in [0, 0.1) is 5.92 Å². The van der Waals surface area contributed by atoms with E-state index in [4.69, 9.17) is 0 Å². The molecule has 10 heteroatoms. The Morgan fingerprint density at radius 3 is 2.29 bits per heavy atom. The van der Waals surface area contributed by atoms with E-state index < -0.39 is 20.2 Å². The van der Waals surface area contributed by atoms with Crippen molar-refractivity contribution >= 4 is 36.2 Å². The number of benzene rings is 1. The lowest BCUT2D eigenvalue weighted by molar-refractivity contribution is 0.263. The van der Waals surface area contributed by atoms with Crippen LogP contribution < -0.4 is 4.72 Å². The fourth-order valence-electron chi connectivity index (χ4n) is 2.54. The van der Waals surface area contributed by atoms with Gasteiger partial charge < -0.3 is 0 Å². The van der Waals surface area contributed by atoms with Crippen LogP contribution in [0.3, 0.4) is 0 Å². The van der Waals surface area contributed by atoms with E-state index in [0.29, 0.717) is 36.9 Å². The van der Waals surface area contributed by atoms with Crippen LogP contribution >= 0.6 is 15.9 Å². The molecule has 1 aliphatic heterocycles. The van der Waals surface area contributed by atoms with Crippen LogP contribution in [0.2, 0.25) is 0 Å². The van der Waals surface area contributed by atoms with Gasteiger partial charge in [-0.2, -0.15) is 17.0 Å². The van der Waals surface area contributed by atoms with E-state index in [2.05, 4.69) is 20.7 Å². The van der Waals surface area contributed by atoms with Crippen LogP contribution in [0.25, 0.3) is 0 Å². The number of nitrogens with one attached hydrogen (secondary N) is 1. The van der Waals surface area contributed by atoms with Crippen LogP contribution in [0.15, 0.2) is 33.6 Å². The molecule has 0 bridgehead atoms. The summed E-state index contributed by atoms with van der Waals surface area (Å²) >= 11 is 3.24. The normalized spacial score (nSPS) is 18.2. The first-order valence-corrected chi connectivity index (χ1v) is 11.2. The quantitative estimate of drug-likeness (QED) is 0.722. The maximum Gasteiger partial charge on any atom is 0.281 e. The van der Waals surface area contributed by atoms with Gasteiger partial charge in [0.15, 0.2) is 0 Å². The molecule has 1 heterocycles. The van der Waals surface area contributed by atoms with Crippen LogP contribution in [0.4, 0.5) is 0 Å². The highest BCUT2D eigenvalue weighted by Crippen LogP contribution is 2.23. The molecule has 136 valence electrons. The third-order valence-electron chi connectivity index (χ3n) is 4.05. The minimum absolute atomic E-state index is 0.121. The first-order valence-electron chi connectivity index (χ1n) is 7.56. The average molecular weight is 440 g/mol. The Kier molecular flexibility index (Phi) is 6.43. The Morgan fingerprint density at radius 2 is 1.75 bits per heavy atom. The molecule has 1 fully saturated rings. The number of sulfonamides is 1. The van der Waals surface area contributed by atoms with E-state index in [1.165, 1.54) is 22.7 Å². The van der Waals surface area contributed by atoms with Crippen LogP contribution in [0.5, 0.6) is 0 Å². The van der Waals surface area contributed by atoms with Gasteiger partial charge in [-0.25, -0.2) is 13.1 Å². The molecule has 0 atom stereocenters. The fourth-order valence-corrected chi connectivity index (χ4v) is 5.79. The van der Waals surface area contributed by atoms with E-state index in [-0.39, 0.29) is 10.8 Å². The summed E-state index contributed by atoms with van der Waals surface area (Å²) in [6, 6.07) is 6.64. The van der Waals surface area contributed by atoms with Gasteiger partial charge in [-0.15, -0.1) is 0 Å². The minimum atomic E-state index is -3.58. The maximum absolute atomic E-state index is 12.4. The molecule has 1 saturated heterocycles. The average Bonchev–Trinajstić information content (AvgIpc) is 2.53. The summed E-state index contributed by atoms with van der Waals surface area (Å²) in [7, 11) is -3.96. The molecular formula is C14H22BrN3O4S2. The lowest BCUT2D eigenvalue weighted by Gasteiger charge is -2.32. The lowest BCUT2D eigenvalue weighted by atomic mass is 9.99. The van der Waals surface area contributed by atoms with Gasteiger partial charge in [0, 0.05) is 38.2 Å². The van der Waals surface area contributed by atoms with Gasteiger partial charge in [0.05, 0.1) is 4.90 Å². The third-order valence-corrected chi connectivity index (χ3v) is 8.43. The van der Waals surface area contributed by atoms with Crippen molar-refractivity contribution in [1.82, 2.24) is 13.3 Å². The minimum Gasteiger partial charge on any atom is -0.211 e. The van der Waals surface area contributed by atoms with Crippen molar-refractivity contribution in [2.75, 3.05) is 33.7 Å². The highest BCUT2D eigenvalue weighted by atomic mass is 79.9. The molecule has 0 spiro atoms. The van der Waals surface area contributed by atoms with Crippen LogP contribution in [0.1, 0.15) is 12.8 Å². The van der Waals surface area contributed by atoms with E-state index in [9.17, 15) is 16.8 Å². The molecule has 0 aromatic heterocycles. The molecular weight excluding hydrogens is 418 g/mol. The number of rotatable bonds is 6. The summed E-state index contributed by atoms with van der Waals surface area (Å²) < 4.78 is 54.6. The van der Waals surface area contributed by atoms with Gasteiger partial charge in [-0.05, 0) is 46.8 Å². The lowest BCUT2D eigenvalue weighted by Crippen LogP contribution is -2.45. The molecule has 1 N–H and O–H groups in total.